The number of aromatic nitrogens is 2. The second kappa shape index (κ2) is 9.12. The number of nitrogens with one attached hydrogen (secondary N) is 1. The highest BCUT2D eigenvalue weighted by Crippen LogP contribution is 2.32. The van der Waals surface area contributed by atoms with Crippen LogP contribution in [0.5, 0.6) is 0 Å². The van der Waals surface area contributed by atoms with E-state index in [9.17, 15) is 4.21 Å². The van der Waals surface area contributed by atoms with Crippen LogP contribution in [-0.2, 0) is 15.8 Å². The van der Waals surface area contributed by atoms with E-state index in [1.54, 1.807) is 41.0 Å². The average Bonchev–Trinajstić information content (AvgIpc) is 3.33. The van der Waals surface area contributed by atoms with Gasteiger partial charge in [0.1, 0.15) is 5.69 Å². The number of nitrogens with zero attached hydrogens (tertiary/aromatic N) is 2. The van der Waals surface area contributed by atoms with Crippen LogP contribution in [0.3, 0.4) is 0 Å². The molecule has 3 N–H and O–H groups in total. The quantitative estimate of drug-likeness (QED) is 0.538. The maximum atomic E-state index is 13.1. The summed E-state index contributed by atoms with van der Waals surface area (Å²) >= 11 is 0. The van der Waals surface area contributed by atoms with Crippen molar-refractivity contribution in [3.05, 3.63) is 54.2 Å². The van der Waals surface area contributed by atoms with Crippen LogP contribution < -0.4 is 10.8 Å². The van der Waals surface area contributed by atoms with E-state index in [1.807, 2.05) is 25.3 Å². The first-order valence-corrected chi connectivity index (χ1v) is 10.3. The molecule has 1 unspecified atom stereocenters. The maximum Gasteiger partial charge on any atom is 0.204 e. The number of quaternary nitrogens is 1. The summed E-state index contributed by atoms with van der Waals surface area (Å²) in [7, 11) is 0.256. The van der Waals surface area contributed by atoms with Crippen LogP contribution in [0.25, 0.3) is 11.0 Å². The Balaban J connectivity index is 2.03. The second-order valence-corrected chi connectivity index (χ2v) is 7.84. The smallest absolute Gasteiger partial charge is 0.204 e. The highest BCUT2D eigenvalue weighted by atomic mass is 32.2. The van der Waals surface area contributed by atoms with E-state index in [4.69, 9.17) is 4.84 Å². The van der Waals surface area contributed by atoms with E-state index >= 15 is 0 Å². The molecule has 0 spiro atoms. The lowest BCUT2D eigenvalue weighted by Gasteiger charge is -2.16. The van der Waals surface area contributed by atoms with Gasteiger partial charge in [-0.1, -0.05) is 37.6 Å². The van der Waals surface area contributed by atoms with Gasteiger partial charge in [0, 0.05) is 17.6 Å². The number of anilines is 1. The first-order valence-electron chi connectivity index (χ1n) is 9.20. The van der Waals surface area contributed by atoms with Gasteiger partial charge in [0.05, 0.1) is 18.2 Å². The van der Waals surface area contributed by atoms with E-state index in [2.05, 4.69) is 16.9 Å². The number of hydrogen-bond donors (Lipinski definition) is 2. The molecule has 0 aliphatic heterocycles. The van der Waals surface area contributed by atoms with Gasteiger partial charge in [0.2, 0.25) is 5.69 Å². The lowest BCUT2D eigenvalue weighted by molar-refractivity contribution is -0.829. The second-order valence-electron chi connectivity index (χ2n) is 6.48. The lowest BCUT2D eigenvalue weighted by Crippen LogP contribution is -2.76. The molecule has 1 aliphatic carbocycles. The molecule has 2 heterocycles. The van der Waals surface area contributed by atoms with Crippen molar-refractivity contribution in [3.63, 3.8) is 0 Å². The lowest BCUT2D eigenvalue weighted by atomic mass is 10.2. The molecule has 1 saturated carbocycles. The minimum absolute atomic E-state index is 0.454. The molecule has 7 heteroatoms. The summed E-state index contributed by atoms with van der Waals surface area (Å²) in [5, 5.41) is 4.61. The Morgan fingerprint density at radius 1 is 1.48 bits per heavy atom. The molecule has 27 heavy (non-hydrogen) atoms. The van der Waals surface area contributed by atoms with Gasteiger partial charge >= 0.3 is 0 Å². The van der Waals surface area contributed by atoms with E-state index < -0.39 is 11.0 Å². The van der Waals surface area contributed by atoms with Crippen molar-refractivity contribution in [1.82, 2.24) is 8.96 Å². The van der Waals surface area contributed by atoms with Crippen LogP contribution in [0, 0.1) is 0 Å². The molecule has 0 saturated heterocycles. The molecule has 2 aromatic heterocycles. The molecule has 2 aromatic rings. The fourth-order valence-corrected chi connectivity index (χ4v) is 4.49. The van der Waals surface area contributed by atoms with Crippen molar-refractivity contribution >= 4 is 33.4 Å². The molecule has 1 atom stereocenters. The minimum atomic E-state index is -1.38. The zero-order valence-electron chi connectivity index (χ0n) is 15.9. The molecule has 3 rings (SSSR count). The predicted octanol–water partition coefficient (Wildman–Crippen LogP) is 3.30. The average molecular weight is 388 g/mol. The number of hydrogen-bond acceptors (Lipinski definition) is 4. The SMILES string of the molecule is C=C/C=C\C(=C/C)S(=O)n1ccc2c(NC3CCCC3)c([NH2+]OC)cnc21. The van der Waals surface area contributed by atoms with Gasteiger partial charge in [-0.25, -0.2) is 18.0 Å². The van der Waals surface area contributed by atoms with Crippen LogP contribution >= 0.6 is 0 Å². The first-order chi connectivity index (χ1) is 13.2. The Morgan fingerprint density at radius 2 is 2.26 bits per heavy atom. The molecule has 1 aliphatic rings. The molecular formula is C20H27N4O2S+. The molecule has 0 bridgehead atoms. The number of rotatable bonds is 8. The summed E-state index contributed by atoms with van der Waals surface area (Å²) < 4.78 is 14.8. The summed E-state index contributed by atoms with van der Waals surface area (Å²) in [6.45, 7) is 5.54. The molecule has 1 fully saturated rings. The Kier molecular flexibility index (Phi) is 6.60. The van der Waals surface area contributed by atoms with Crippen molar-refractivity contribution in [2.45, 2.75) is 38.6 Å². The van der Waals surface area contributed by atoms with Crippen molar-refractivity contribution in [1.29, 1.82) is 0 Å². The Bertz CT molecular complexity index is 895. The maximum absolute atomic E-state index is 13.1. The molecule has 0 aromatic carbocycles. The fourth-order valence-electron chi connectivity index (χ4n) is 3.40. The van der Waals surface area contributed by atoms with Crippen molar-refractivity contribution < 1.29 is 14.5 Å². The van der Waals surface area contributed by atoms with Crippen LogP contribution in [0.15, 0.2) is 54.2 Å². The standard InChI is InChI=1S/C20H26N4O2S/c1-4-6-11-16(5-2)27(25)24-13-12-17-19(22-15-9-7-8-10-15)18(23-26-3)14-21-20(17)24/h4-6,11-15,23H,1,7-10H2,2-3H3,(H,21,22)/p+1/b11-6-,16-5+. The van der Waals surface area contributed by atoms with Gasteiger partial charge in [-0.05, 0) is 31.9 Å². The third kappa shape index (κ3) is 4.21. The largest absolute Gasteiger partial charge is 0.377 e. The minimum Gasteiger partial charge on any atom is -0.377 e. The normalized spacial score (nSPS) is 17.0. The monoisotopic (exact) mass is 387 g/mol. The van der Waals surface area contributed by atoms with Gasteiger partial charge in [-0.2, -0.15) is 5.48 Å². The summed E-state index contributed by atoms with van der Waals surface area (Å²) in [6, 6.07) is 2.42. The topological polar surface area (TPSA) is 72.8 Å². The van der Waals surface area contributed by atoms with Crippen LogP contribution in [0.2, 0.25) is 0 Å². The molecule has 0 amide bonds. The third-order valence-electron chi connectivity index (χ3n) is 4.72. The van der Waals surface area contributed by atoms with Crippen molar-refractivity contribution in [3.8, 4) is 0 Å². The van der Waals surface area contributed by atoms with Crippen molar-refractivity contribution in [2.24, 2.45) is 0 Å². The number of allylic oxidation sites excluding steroid dienone is 4. The molecule has 144 valence electrons. The van der Waals surface area contributed by atoms with E-state index in [-0.39, 0.29) is 0 Å². The number of fused-ring (bicyclic) bond motifs is 1. The van der Waals surface area contributed by atoms with Gasteiger partial charge in [-0.3, -0.25) is 0 Å². The Labute approximate surface area is 162 Å². The highest BCUT2D eigenvalue weighted by Gasteiger charge is 2.22. The van der Waals surface area contributed by atoms with Crippen LogP contribution in [0.1, 0.15) is 32.6 Å². The molecule has 0 radical (unpaired) electrons. The van der Waals surface area contributed by atoms with Gasteiger partial charge in [-0.15, -0.1) is 0 Å². The molecule has 6 nitrogen and oxygen atoms in total. The fraction of sp³-hybridized carbons (Fsp3) is 0.350. The first kappa shape index (κ1) is 19.5. The summed E-state index contributed by atoms with van der Waals surface area (Å²) in [5.74, 6) is 0. The Morgan fingerprint density at radius 3 is 2.93 bits per heavy atom. The van der Waals surface area contributed by atoms with Crippen molar-refractivity contribution in [2.75, 3.05) is 12.4 Å². The van der Waals surface area contributed by atoms with E-state index in [0.717, 1.165) is 29.6 Å². The molecular weight excluding hydrogens is 360 g/mol. The van der Waals surface area contributed by atoms with Gasteiger partial charge in [0.15, 0.2) is 16.6 Å². The number of nitrogens with two attached hydrogens (primary N) is 1. The van der Waals surface area contributed by atoms with Crippen LogP contribution in [0.4, 0.5) is 11.4 Å². The number of pyridine rings is 1. The summed E-state index contributed by atoms with van der Waals surface area (Å²) in [4.78, 5) is 10.5. The predicted molar refractivity (Wildman–Crippen MR) is 111 cm³/mol. The zero-order chi connectivity index (χ0) is 19.2. The Hall–Kier alpha value is -2.22. The third-order valence-corrected chi connectivity index (χ3v) is 6.15. The van der Waals surface area contributed by atoms with E-state index in [1.165, 1.54) is 12.8 Å². The summed E-state index contributed by atoms with van der Waals surface area (Å²) in [6.07, 6.45) is 15.5. The van der Waals surface area contributed by atoms with E-state index in [0.29, 0.717) is 16.6 Å². The highest BCUT2D eigenvalue weighted by molar-refractivity contribution is 7.87. The van der Waals surface area contributed by atoms with Gasteiger partial charge < -0.3 is 5.32 Å². The van der Waals surface area contributed by atoms with Gasteiger partial charge in [0.25, 0.3) is 0 Å². The zero-order valence-corrected chi connectivity index (χ0v) is 16.7. The van der Waals surface area contributed by atoms with Crippen LogP contribution in [-0.4, -0.2) is 26.3 Å². The summed E-state index contributed by atoms with van der Waals surface area (Å²) in [5.41, 5.74) is 4.28.